The Morgan fingerprint density at radius 1 is 1.04 bits per heavy atom. The number of aromatic nitrogens is 2. The van der Waals surface area contributed by atoms with Crippen molar-refractivity contribution in [3.05, 3.63) is 65.5 Å². The van der Waals surface area contributed by atoms with Gasteiger partial charge in [0.05, 0.1) is 11.0 Å². The van der Waals surface area contributed by atoms with Crippen LogP contribution in [0.25, 0.3) is 11.0 Å². The second-order valence-electron chi connectivity index (χ2n) is 8.53. The molecule has 1 amide bonds. The molecule has 0 bridgehead atoms. The van der Waals surface area contributed by atoms with Gasteiger partial charge in [-0.25, -0.2) is 4.98 Å². The highest BCUT2D eigenvalue weighted by Gasteiger charge is 2.26. The second kappa shape index (κ2) is 6.84. The van der Waals surface area contributed by atoms with E-state index in [2.05, 4.69) is 44.0 Å². The van der Waals surface area contributed by atoms with Crippen LogP contribution in [0.1, 0.15) is 61.3 Å². The molecule has 1 aromatic heterocycles. The lowest BCUT2D eigenvalue weighted by molar-refractivity contribution is 0.0711. The van der Waals surface area contributed by atoms with Crippen molar-refractivity contribution in [1.82, 2.24) is 14.9 Å². The Hall–Kier alpha value is -2.62. The van der Waals surface area contributed by atoms with Gasteiger partial charge in [-0.3, -0.25) is 4.79 Å². The molecule has 140 valence electrons. The van der Waals surface area contributed by atoms with E-state index in [1.54, 1.807) is 0 Å². The summed E-state index contributed by atoms with van der Waals surface area (Å²) in [5.41, 5.74) is 4.25. The summed E-state index contributed by atoms with van der Waals surface area (Å²) in [5.74, 6) is 1.58. The van der Waals surface area contributed by atoms with Crippen LogP contribution in [0, 0.1) is 0 Å². The van der Waals surface area contributed by atoms with E-state index in [0.29, 0.717) is 5.92 Å². The predicted molar refractivity (Wildman–Crippen MR) is 109 cm³/mol. The summed E-state index contributed by atoms with van der Waals surface area (Å²) in [6.07, 6.45) is 1.90. The SMILES string of the molecule is CC(C)(C)c1ccc(C(=O)N2CCC(c3nc4ccccc4[nH]3)CC2)cc1. The van der Waals surface area contributed by atoms with Crippen LogP contribution in [0.2, 0.25) is 0 Å². The summed E-state index contributed by atoms with van der Waals surface area (Å²) >= 11 is 0. The standard InChI is InChI=1S/C23H27N3O/c1-23(2,3)18-10-8-17(9-11-18)22(27)26-14-12-16(13-15-26)21-24-19-6-4-5-7-20(19)25-21/h4-11,16H,12-15H2,1-3H3,(H,24,25). The Morgan fingerprint density at radius 2 is 1.70 bits per heavy atom. The van der Waals surface area contributed by atoms with Crippen LogP contribution < -0.4 is 0 Å². The number of imidazole rings is 1. The van der Waals surface area contributed by atoms with Gasteiger partial charge < -0.3 is 9.88 Å². The van der Waals surface area contributed by atoms with Crippen molar-refractivity contribution in [3.63, 3.8) is 0 Å². The van der Waals surface area contributed by atoms with E-state index in [4.69, 9.17) is 4.98 Å². The first-order valence-corrected chi connectivity index (χ1v) is 9.76. The molecule has 27 heavy (non-hydrogen) atoms. The third kappa shape index (κ3) is 3.61. The lowest BCUT2D eigenvalue weighted by Gasteiger charge is -2.31. The lowest BCUT2D eigenvalue weighted by atomic mass is 9.86. The van der Waals surface area contributed by atoms with Gasteiger partial charge in [-0.2, -0.15) is 0 Å². The first-order chi connectivity index (χ1) is 12.9. The summed E-state index contributed by atoms with van der Waals surface area (Å²) in [6.45, 7) is 8.12. The van der Waals surface area contributed by atoms with Crippen LogP contribution in [0.3, 0.4) is 0 Å². The predicted octanol–water partition coefficient (Wildman–Crippen LogP) is 4.88. The van der Waals surface area contributed by atoms with Crippen LogP contribution in [-0.4, -0.2) is 33.9 Å². The molecule has 1 aliphatic heterocycles. The van der Waals surface area contributed by atoms with Crippen molar-refractivity contribution in [3.8, 4) is 0 Å². The quantitative estimate of drug-likeness (QED) is 0.707. The maximum atomic E-state index is 12.8. The molecule has 4 nitrogen and oxygen atoms in total. The molecule has 0 atom stereocenters. The number of nitrogens with one attached hydrogen (secondary N) is 1. The van der Waals surface area contributed by atoms with Gasteiger partial charge in [0, 0.05) is 24.6 Å². The van der Waals surface area contributed by atoms with E-state index in [9.17, 15) is 4.79 Å². The van der Waals surface area contributed by atoms with E-state index >= 15 is 0 Å². The normalized spacial score (nSPS) is 16.0. The summed E-state index contributed by atoms with van der Waals surface area (Å²) in [7, 11) is 0. The smallest absolute Gasteiger partial charge is 0.253 e. The van der Waals surface area contributed by atoms with Crippen LogP contribution in [0.5, 0.6) is 0 Å². The number of carbonyl (C=O) groups excluding carboxylic acids is 1. The number of rotatable bonds is 2. The molecule has 4 rings (SSSR count). The minimum Gasteiger partial charge on any atom is -0.342 e. The zero-order valence-corrected chi connectivity index (χ0v) is 16.3. The number of fused-ring (bicyclic) bond motifs is 1. The van der Waals surface area contributed by atoms with Crippen molar-refractivity contribution < 1.29 is 4.79 Å². The highest BCUT2D eigenvalue weighted by atomic mass is 16.2. The second-order valence-corrected chi connectivity index (χ2v) is 8.53. The maximum absolute atomic E-state index is 12.8. The maximum Gasteiger partial charge on any atom is 0.253 e. The van der Waals surface area contributed by atoms with Crippen LogP contribution in [-0.2, 0) is 5.41 Å². The molecule has 0 radical (unpaired) electrons. The number of hydrogen-bond donors (Lipinski definition) is 1. The van der Waals surface area contributed by atoms with Gasteiger partial charge in [0.2, 0.25) is 0 Å². The zero-order valence-electron chi connectivity index (χ0n) is 16.3. The number of likely N-dealkylation sites (tertiary alicyclic amines) is 1. The van der Waals surface area contributed by atoms with E-state index < -0.39 is 0 Å². The van der Waals surface area contributed by atoms with Crippen molar-refractivity contribution in [1.29, 1.82) is 0 Å². The van der Waals surface area contributed by atoms with Gasteiger partial charge in [0.15, 0.2) is 0 Å². The van der Waals surface area contributed by atoms with Gasteiger partial charge in [-0.15, -0.1) is 0 Å². The van der Waals surface area contributed by atoms with Gasteiger partial charge in [-0.1, -0.05) is 45.0 Å². The van der Waals surface area contributed by atoms with Crippen LogP contribution in [0.15, 0.2) is 48.5 Å². The number of H-pyrrole nitrogens is 1. The summed E-state index contributed by atoms with van der Waals surface area (Å²) in [5, 5.41) is 0. The number of carbonyl (C=O) groups is 1. The number of piperidine rings is 1. The van der Waals surface area contributed by atoms with Crippen LogP contribution in [0.4, 0.5) is 0 Å². The lowest BCUT2D eigenvalue weighted by Crippen LogP contribution is -2.38. The number of benzene rings is 2. The first-order valence-electron chi connectivity index (χ1n) is 9.76. The number of hydrogen-bond acceptors (Lipinski definition) is 2. The van der Waals surface area contributed by atoms with E-state index in [-0.39, 0.29) is 11.3 Å². The number of nitrogens with zero attached hydrogens (tertiary/aromatic N) is 2. The van der Waals surface area contributed by atoms with Crippen molar-refractivity contribution in [2.75, 3.05) is 13.1 Å². The summed E-state index contributed by atoms with van der Waals surface area (Å²) in [4.78, 5) is 23.0. The highest BCUT2D eigenvalue weighted by Crippen LogP contribution is 2.29. The first kappa shape index (κ1) is 17.8. The molecule has 1 fully saturated rings. The summed E-state index contributed by atoms with van der Waals surface area (Å²) in [6, 6.07) is 16.2. The largest absolute Gasteiger partial charge is 0.342 e. The molecular formula is C23H27N3O. The van der Waals surface area contributed by atoms with Crippen molar-refractivity contribution >= 4 is 16.9 Å². The van der Waals surface area contributed by atoms with Gasteiger partial charge in [0.25, 0.3) is 5.91 Å². The summed E-state index contributed by atoms with van der Waals surface area (Å²) < 4.78 is 0. The molecule has 2 aromatic carbocycles. The average Bonchev–Trinajstić information content (AvgIpc) is 3.11. The zero-order chi connectivity index (χ0) is 19.0. The third-order valence-corrected chi connectivity index (χ3v) is 5.57. The minimum atomic E-state index is 0.104. The molecular weight excluding hydrogens is 334 g/mol. The molecule has 0 aliphatic carbocycles. The molecule has 4 heteroatoms. The molecule has 0 spiro atoms. The van der Waals surface area contributed by atoms with E-state index in [0.717, 1.165) is 48.4 Å². The Labute approximate surface area is 160 Å². The minimum absolute atomic E-state index is 0.104. The number of para-hydroxylation sites is 2. The Balaban J connectivity index is 1.42. The fourth-order valence-electron chi connectivity index (χ4n) is 3.82. The molecule has 1 saturated heterocycles. The molecule has 1 aliphatic rings. The molecule has 1 N–H and O–H groups in total. The van der Waals surface area contributed by atoms with Gasteiger partial charge in [-0.05, 0) is 48.1 Å². The molecule has 0 saturated carbocycles. The van der Waals surface area contributed by atoms with Crippen molar-refractivity contribution in [2.24, 2.45) is 0 Å². The van der Waals surface area contributed by atoms with Crippen molar-refractivity contribution in [2.45, 2.75) is 44.9 Å². The number of aromatic amines is 1. The fourth-order valence-corrected chi connectivity index (χ4v) is 3.82. The Kier molecular flexibility index (Phi) is 4.50. The Morgan fingerprint density at radius 3 is 2.33 bits per heavy atom. The monoisotopic (exact) mass is 361 g/mol. The topological polar surface area (TPSA) is 49.0 Å². The van der Waals surface area contributed by atoms with E-state index in [1.165, 1.54) is 5.56 Å². The van der Waals surface area contributed by atoms with Gasteiger partial charge >= 0.3 is 0 Å². The average molecular weight is 361 g/mol. The van der Waals surface area contributed by atoms with Crippen LogP contribution >= 0.6 is 0 Å². The molecule has 2 heterocycles. The molecule has 0 unspecified atom stereocenters. The Bertz CT molecular complexity index is 909. The molecule has 3 aromatic rings. The van der Waals surface area contributed by atoms with E-state index in [1.807, 2.05) is 35.2 Å². The fraction of sp³-hybridized carbons (Fsp3) is 0.391. The number of amides is 1. The highest BCUT2D eigenvalue weighted by molar-refractivity contribution is 5.94. The third-order valence-electron chi connectivity index (χ3n) is 5.57. The van der Waals surface area contributed by atoms with Gasteiger partial charge in [0.1, 0.15) is 5.82 Å².